The predicted octanol–water partition coefficient (Wildman–Crippen LogP) is 4.44. The number of hydrogen-bond acceptors (Lipinski definition) is 4. The normalized spacial score (nSPS) is 18.9. The number of fused-ring (bicyclic) bond motifs is 2. The second-order valence-electron chi connectivity index (χ2n) is 7.22. The van der Waals surface area contributed by atoms with E-state index in [1.54, 1.807) is 24.0 Å². The first-order valence-corrected chi connectivity index (χ1v) is 9.33. The molecule has 29 heavy (non-hydrogen) atoms. The van der Waals surface area contributed by atoms with E-state index in [0.29, 0.717) is 42.5 Å². The number of alkyl halides is 3. The van der Waals surface area contributed by atoms with E-state index in [-0.39, 0.29) is 17.7 Å². The summed E-state index contributed by atoms with van der Waals surface area (Å²) in [6.45, 7) is 5.22. The molecule has 1 atom stereocenters. The predicted molar refractivity (Wildman–Crippen MR) is 103 cm³/mol. The van der Waals surface area contributed by atoms with Crippen molar-refractivity contribution >= 4 is 17.4 Å². The van der Waals surface area contributed by atoms with Gasteiger partial charge in [0.15, 0.2) is 5.75 Å². The van der Waals surface area contributed by atoms with Crippen LogP contribution in [0.3, 0.4) is 0 Å². The number of amidine groups is 1. The number of ether oxygens (including phenoxy) is 1. The van der Waals surface area contributed by atoms with Crippen LogP contribution >= 0.6 is 0 Å². The number of rotatable bonds is 0. The molecule has 0 saturated carbocycles. The minimum absolute atomic E-state index is 0.00707. The van der Waals surface area contributed by atoms with Gasteiger partial charge in [0.1, 0.15) is 17.3 Å². The number of para-hydroxylation sites is 1. The van der Waals surface area contributed by atoms with E-state index in [0.717, 1.165) is 12.1 Å². The molecule has 0 aliphatic carbocycles. The summed E-state index contributed by atoms with van der Waals surface area (Å²) in [5, 5.41) is 0. The van der Waals surface area contributed by atoms with Crippen LogP contribution in [-0.4, -0.2) is 47.2 Å². The number of aliphatic imine (C=N–C) groups is 1. The molecule has 0 N–H and O–H groups in total. The molecule has 2 aromatic rings. The first-order chi connectivity index (χ1) is 13.7. The van der Waals surface area contributed by atoms with E-state index >= 15 is 0 Å². The first-order valence-electron chi connectivity index (χ1n) is 9.33. The fourth-order valence-electron chi connectivity index (χ4n) is 3.76. The number of piperazine rings is 1. The summed E-state index contributed by atoms with van der Waals surface area (Å²) >= 11 is 0. The fourth-order valence-corrected chi connectivity index (χ4v) is 3.76. The zero-order valence-corrected chi connectivity index (χ0v) is 16.0. The molecule has 2 aliphatic heterocycles. The second-order valence-corrected chi connectivity index (χ2v) is 7.22. The van der Waals surface area contributed by atoms with E-state index in [9.17, 15) is 18.0 Å². The van der Waals surface area contributed by atoms with Gasteiger partial charge in [-0.2, -0.15) is 13.2 Å². The first kappa shape index (κ1) is 19.3. The van der Waals surface area contributed by atoms with Crippen LogP contribution in [0.15, 0.2) is 47.5 Å². The molecule has 0 radical (unpaired) electrons. The Kier molecular flexibility index (Phi) is 4.72. The summed E-state index contributed by atoms with van der Waals surface area (Å²) in [7, 11) is 0. The van der Waals surface area contributed by atoms with E-state index in [1.165, 1.54) is 6.07 Å². The van der Waals surface area contributed by atoms with E-state index < -0.39 is 11.7 Å². The highest BCUT2D eigenvalue weighted by atomic mass is 19.4. The summed E-state index contributed by atoms with van der Waals surface area (Å²) in [6, 6.07) is 10.5. The van der Waals surface area contributed by atoms with Crippen molar-refractivity contribution < 1.29 is 22.7 Å². The molecule has 1 fully saturated rings. The average Bonchev–Trinajstić information content (AvgIpc) is 2.83. The number of hydrogen-bond donors (Lipinski definition) is 0. The second kappa shape index (κ2) is 7.09. The molecule has 0 aromatic heterocycles. The van der Waals surface area contributed by atoms with Crippen molar-refractivity contribution in [3.63, 3.8) is 0 Å². The lowest BCUT2D eigenvalue weighted by atomic mass is 10.1. The Labute approximate surface area is 166 Å². The SMILES string of the molecule is CC(=O)N1CCN(C2=Nc3ccc(C(F)(F)F)cc3Oc3ccccc32)C[C@H]1C. The molecule has 2 aliphatic rings. The molecule has 4 rings (SSSR count). The van der Waals surface area contributed by atoms with Gasteiger partial charge in [-0.25, -0.2) is 4.99 Å². The largest absolute Gasteiger partial charge is 0.454 e. The highest BCUT2D eigenvalue weighted by Crippen LogP contribution is 2.42. The lowest BCUT2D eigenvalue weighted by Gasteiger charge is -2.40. The van der Waals surface area contributed by atoms with Crippen LogP contribution in [0.1, 0.15) is 25.0 Å². The number of benzene rings is 2. The maximum atomic E-state index is 13.1. The van der Waals surface area contributed by atoms with Crippen molar-refractivity contribution in [2.75, 3.05) is 19.6 Å². The highest BCUT2D eigenvalue weighted by molar-refractivity contribution is 6.03. The Morgan fingerprint density at radius 3 is 2.59 bits per heavy atom. The lowest BCUT2D eigenvalue weighted by molar-refractivity contribution is -0.137. The van der Waals surface area contributed by atoms with Crippen LogP contribution in [0.5, 0.6) is 11.5 Å². The Hall–Kier alpha value is -3.03. The number of carbonyl (C=O) groups excluding carboxylic acids is 1. The standard InChI is InChI=1S/C21H20F3N3O2/c1-13-12-26(9-10-27(13)14(2)28)20-16-5-3-4-6-18(16)29-19-11-15(21(22,23)24)7-8-17(19)25-20/h3-8,11,13H,9-10,12H2,1-2H3/t13-/m1/s1. The van der Waals surface area contributed by atoms with Gasteiger partial charge in [-0.1, -0.05) is 12.1 Å². The average molecular weight is 403 g/mol. The molecule has 2 aromatic carbocycles. The Morgan fingerprint density at radius 2 is 1.90 bits per heavy atom. The zero-order valence-electron chi connectivity index (χ0n) is 16.0. The van der Waals surface area contributed by atoms with Crippen molar-refractivity contribution in [1.29, 1.82) is 0 Å². The number of amides is 1. The van der Waals surface area contributed by atoms with Crippen molar-refractivity contribution in [3.05, 3.63) is 53.6 Å². The molecule has 152 valence electrons. The third kappa shape index (κ3) is 3.66. The van der Waals surface area contributed by atoms with Gasteiger partial charge in [-0.15, -0.1) is 0 Å². The van der Waals surface area contributed by atoms with Crippen LogP contribution in [0.25, 0.3) is 0 Å². The van der Waals surface area contributed by atoms with Gasteiger partial charge in [0.05, 0.1) is 11.1 Å². The van der Waals surface area contributed by atoms with Crippen molar-refractivity contribution in [2.45, 2.75) is 26.1 Å². The van der Waals surface area contributed by atoms with Gasteiger partial charge in [-0.3, -0.25) is 4.79 Å². The maximum absolute atomic E-state index is 13.1. The van der Waals surface area contributed by atoms with E-state index in [1.807, 2.05) is 19.1 Å². The van der Waals surface area contributed by atoms with Gasteiger partial charge < -0.3 is 14.5 Å². The number of nitrogens with zero attached hydrogens (tertiary/aromatic N) is 3. The molecule has 0 unspecified atom stereocenters. The van der Waals surface area contributed by atoms with Crippen molar-refractivity contribution in [2.24, 2.45) is 4.99 Å². The van der Waals surface area contributed by atoms with Crippen LogP contribution in [0.2, 0.25) is 0 Å². The number of carbonyl (C=O) groups is 1. The molecular formula is C21H20F3N3O2. The van der Waals surface area contributed by atoms with Crippen LogP contribution < -0.4 is 4.74 Å². The summed E-state index contributed by atoms with van der Waals surface area (Å²) < 4.78 is 45.2. The summed E-state index contributed by atoms with van der Waals surface area (Å²) in [6.07, 6.45) is -4.46. The molecule has 5 nitrogen and oxygen atoms in total. The minimum atomic E-state index is -4.46. The number of halogens is 3. The minimum Gasteiger partial charge on any atom is -0.454 e. The van der Waals surface area contributed by atoms with Crippen LogP contribution in [0.4, 0.5) is 18.9 Å². The Balaban J connectivity index is 1.77. The maximum Gasteiger partial charge on any atom is 0.416 e. The topological polar surface area (TPSA) is 45.1 Å². The fraction of sp³-hybridized carbons (Fsp3) is 0.333. The molecule has 0 spiro atoms. The Bertz CT molecular complexity index is 987. The Morgan fingerprint density at radius 1 is 1.14 bits per heavy atom. The summed E-state index contributed by atoms with van der Waals surface area (Å²) in [4.78, 5) is 20.3. The van der Waals surface area contributed by atoms with Gasteiger partial charge in [0.2, 0.25) is 5.91 Å². The third-order valence-electron chi connectivity index (χ3n) is 5.19. The zero-order chi connectivity index (χ0) is 20.8. The van der Waals surface area contributed by atoms with Crippen LogP contribution in [-0.2, 0) is 11.0 Å². The molecule has 1 amide bonds. The van der Waals surface area contributed by atoms with Gasteiger partial charge in [0, 0.05) is 32.6 Å². The summed E-state index contributed by atoms with van der Waals surface area (Å²) in [5.74, 6) is 1.17. The van der Waals surface area contributed by atoms with E-state index in [4.69, 9.17) is 4.74 Å². The van der Waals surface area contributed by atoms with E-state index in [2.05, 4.69) is 9.89 Å². The highest BCUT2D eigenvalue weighted by Gasteiger charge is 2.33. The van der Waals surface area contributed by atoms with Gasteiger partial charge in [-0.05, 0) is 37.3 Å². The lowest BCUT2D eigenvalue weighted by Crippen LogP contribution is -2.55. The quantitative estimate of drug-likeness (QED) is 0.653. The third-order valence-corrected chi connectivity index (χ3v) is 5.19. The van der Waals surface area contributed by atoms with Crippen molar-refractivity contribution in [1.82, 2.24) is 9.80 Å². The summed E-state index contributed by atoms with van der Waals surface area (Å²) in [5.41, 5.74) is 0.266. The molecule has 0 bridgehead atoms. The van der Waals surface area contributed by atoms with Gasteiger partial charge in [0.25, 0.3) is 0 Å². The van der Waals surface area contributed by atoms with Crippen LogP contribution in [0, 0.1) is 0 Å². The van der Waals surface area contributed by atoms with Crippen molar-refractivity contribution in [3.8, 4) is 11.5 Å². The molecule has 2 heterocycles. The molecular weight excluding hydrogens is 383 g/mol. The molecule has 1 saturated heterocycles. The smallest absolute Gasteiger partial charge is 0.416 e. The molecule has 8 heteroatoms. The van der Waals surface area contributed by atoms with Gasteiger partial charge >= 0.3 is 6.18 Å². The monoisotopic (exact) mass is 403 g/mol.